The molecule has 88 valence electrons. The lowest BCUT2D eigenvalue weighted by molar-refractivity contribution is -0.121. The molecule has 1 rings (SSSR count). The number of thioether (sulfide) groups is 1. The lowest BCUT2D eigenvalue weighted by Gasteiger charge is -2.22. The topological polar surface area (TPSA) is 50.4 Å². The molecule has 1 saturated heterocycles. The zero-order chi connectivity index (χ0) is 10.9. The van der Waals surface area contributed by atoms with Gasteiger partial charge in [-0.25, -0.2) is 0 Å². The Bertz CT molecular complexity index is 184. The highest BCUT2D eigenvalue weighted by Crippen LogP contribution is 2.16. The van der Waals surface area contributed by atoms with Crippen molar-refractivity contribution in [1.82, 2.24) is 10.6 Å². The van der Waals surface area contributed by atoms with E-state index in [1.54, 1.807) is 7.11 Å². The number of amides is 1. The quantitative estimate of drug-likeness (QED) is 0.644. The van der Waals surface area contributed by atoms with Gasteiger partial charge >= 0.3 is 0 Å². The van der Waals surface area contributed by atoms with Crippen molar-refractivity contribution in [3.8, 4) is 0 Å². The first kappa shape index (κ1) is 12.8. The Hall–Kier alpha value is -0.260. The second-order valence-electron chi connectivity index (χ2n) is 3.62. The van der Waals surface area contributed by atoms with E-state index in [2.05, 4.69) is 10.6 Å². The van der Waals surface area contributed by atoms with Crippen LogP contribution in [0.25, 0.3) is 0 Å². The van der Waals surface area contributed by atoms with E-state index in [1.165, 1.54) is 11.5 Å². The number of methoxy groups -OCH3 is 1. The predicted octanol–water partition coefficient (Wildman–Crippen LogP) is 0.234. The van der Waals surface area contributed by atoms with Gasteiger partial charge in [-0.05, 0) is 24.3 Å². The van der Waals surface area contributed by atoms with Crippen molar-refractivity contribution < 1.29 is 9.53 Å². The summed E-state index contributed by atoms with van der Waals surface area (Å²) >= 11 is 1.97. The molecule has 2 N–H and O–H groups in total. The number of hydrogen-bond donors (Lipinski definition) is 2. The van der Waals surface area contributed by atoms with Gasteiger partial charge in [-0.15, -0.1) is 0 Å². The lowest BCUT2D eigenvalue weighted by Crippen LogP contribution is -2.42. The van der Waals surface area contributed by atoms with Gasteiger partial charge in [-0.1, -0.05) is 0 Å². The maximum Gasteiger partial charge on any atom is 0.234 e. The van der Waals surface area contributed by atoms with E-state index < -0.39 is 0 Å². The summed E-state index contributed by atoms with van der Waals surface area (Å²) in [5, 5.41) is 6.07. The molecule has 1 aliphatic rings. The third-order valence-electron chi connectivity index (χ3n) is 2.35. The standard InChI is InChI=1S/C10H20N2O2S/c1-14-5-4-11-8-10(13)12-9-2-6-15-7-3-9/h9,11H,2-8H2,1H3,(H,12,13). The van der Waals surface area contributed by atoms with Crippen molar-refractivity contribution in [3.63, 3.8) is 0 Å². The summed E-state index contributed by atoms with van der Waals surface area (Å²) in [5.74, 6) is 2.44. The van der Waals surface area contributed by atoms with Crippen LogP contribution in [0.1, 0.15) is 12.8 Å². The molecule has 0 atom stereocenters. The van der Waals surface area contributed by atoms with E-state index in [-0.39, 0.29) is 5.91 Å². The summed E-state index contributed by atoms with van der Waals surface area (Å²) in [6.07, 6.45) is 2.21. The second kappa shape index (κ2) is 7.96. The predicted molar refractivity (Wildman–Crippen MR) is 63.2 cm³/mol. The Morgan fingerprint density at radius 1 is 1.47 bits per heavy atom. The third-order valence-corrected chi connectivity index (χ3v) is 3.40. The first-order chi connectivity index (χ1) is 7.33. The monoisotopic (exact) mass is 232 g/mol. The van der Waals surface area contributed by atoms with Crippen LogP contribution in [0, 0.1) is 0 Å². The van der Waals surface area contributed by atoms with Crippen molar-refractivity contribution in [2.75, 3.05) is 38.3 Å². The molecule has 0 aromatic rings. The van der Waals surface area contributed by atoms with Gasteiger partial charge in [0.25, 0.3) is 0 Å². The van der Waals surface area contributed by atoms with Gasteiger partial charge in [-0.3, -0.25) is 4.79 Å². The second-order valence-corrected chi connectivity index (χ2v) is 4.85. The van der Waals surface area contributed by atoms with E-state index in [0.717, 1.165) is 19.4 Å². The molecule has 1 amide bonds. The van der Waals surface area contributed by atoms with Gasteiger partial charge in [0.2, 0.25) is 5.91 Å². The third kappa shape index (κ3) is 6.02. The molecule has 0 aromatic carbocycles. The molecule has 4 nitrogen and oxygen atoms in total. The van der Waals surface area contributed by atoms with Gasteiger partial charge < -0.3 is 15.4 Å². The molecule has 0 aromatic heterocycles. The minimum Gasteiger partial charge on any atom is -0.383 e. The van der Waals surface area contributed by atoms with Gasteiger partial charge in [-0.2, -0.15) is 11.8 Å². The summed E-state index contributed by atoms with van der Waals surface area (Å²) < 4.78 is 4.88. The van der Waals surface area contributed by atoms with Crippen LogP contribution in [0.2, 0.25) is 0 Å². The van der Waals surface area contributed by atoms with Crippen molar-refractivity contribution >= 4 is 17.7 Å². The van der Waals surface area contributed by atoms with Crippen LogP contribution in [0.4, 0.5) is 0 Å². The number of rotatable bonds is 6. The van der Waals surface area contributed by atoms with Gasteiger partial charge in [0.15, 0.2) is 0 Å². The van der Waals surface area contributed by atoms with Gasteiger partial charge in [0.1, 0.15) is 0 Å². The zero-order valence-electron chi connectivity index (χ0n) is 9.25. The smallest absolute Gasteiger partial charge is 0.234 e. The Morgan fingerprint density at radius 2 is 2.20 bits per heavy atom. The SMILES string of the molecule is COCCNCC(=O)NC1CCSCC1. The summed E-state index contributed by atoms with van der Waals surface area (Å²) in [7, 11) is 1.65. The largest absolute Gasteiger partial charge is 0.383 e. The fourth-order valence-corrected chi connectivity index (χ4v) is 2.60. The maximum absolute atomic E-state index is 11.5. The number of carbonyl (C=O) groups excluding carboxylic acids is 1. The highest BCUT2D eigenvalue weighted by Gasteiger charge is 2.15. The summed E-state index contributed by atoms with van der Waals surface area (Å²) in [6, 6.07) is 0.392. The Balaban J connectivity index is 2.01. The average molecular weight is 232 g/mol. The highest BCUT2D eigenvalue weighted by molar-refractivity contribution is 7.99. The van der Waals surface area contributed by atoms with Crippen LogP contribution < -0.4 is 10.6 Å². The minimum atomic E-state index is 0.100. The Labute approximate surface area is 95.5 Å². The molecule has 1 heterocycles. The number of hydrogen-bond acceptors (Lipinski definition) is 4. The highest BCUT2D eigenvalue weighted by atomic mass is 32.2. The fourth-order valence-electron chi connectivity index (χ4n) is 1.50. The number of ether oxygens (including phenoxy) is 1. The molecule has 0 unspecified atom stereocenters. The minimum absolute atomic E-state index is 0.100. The van der Waals surface area contributed by atoms with Gasteiger partial charge in [0.05, 0.1) is 13.2 Å². The van der Waals surface area contributed by atoms with Crippen molar-refractivity contribution in [2.24, 2.45) is 0 Å². The maximum atomic E-state index is 11.5. The number of nitrogens with one attached hydrogen (secondary N) is 2. The average Bonchev–Trinajstić information content (AvgIpc) is 2.26. The lowest BCUT2D eigenvalue weighted by atomic mass is 10.1. The first-order valence-corrected chi connectivity index (χ1v) is 6.55. The van der Waals surface area contributed by atoms with E-state index in [9.17, 15) is 4.79 Å². The molecular weight excluding hydrogens is 212 g/mol. The fraction of sp³-hybridized carbons (Fsp3) is 0.900. The van der Waals surface area contributed by atoms with Crippen molar-refractivity contribution in [2.45, 2.75) is 18.9 Å². The van der Waals surface area contributed by atoms with Crippen LogP contribution in [0.5, 0.6) is 0 Å². The molecule has 0 aliphatic carbocycles. The molecule has 0 saturated carbocycles. The van der Waals surface area contributed by atoms with Crippen LogP contribution in [-0.4, -0.2) is 50.3 Å². The molecular formula is C10H20N2O2S. The summed E-state index contributed by atoms with van der Waals surface area (Å²) in [6.45, 7) is 1.77. The zero-order valence-corrected chi connectivity index (χ0v) is 10.1. The molecule has 1 aliphatic heterocycles. The van der Waals surface area contributed by atoms with E-state index in [0.29, 0.717) is 19.2 Å². The summed E-state index contributed by atoms with van der Waals surface area (Å²) in [5.41, 5.74) is 0. The molecule has 5 heteroatoms. The van der Waals surface area contributed by atoms with Crippen LogP contribution >= 0.6 is 11.8 Å². The summed E-state index contributed by atoms with van der Waals surface area (Å²) in [4.78, 5) is 11.5. The van der Waals surface area contributed by atoms with E-state index >= 15 is 0 Å². The normalized spacial score (nSPS) is 17.7. The van der Waals surface area contributed by atoms with Crippen molar-refractivity contribution in [3.05, 3.63) is 0 Å². The molecule has 0 bridgehead atoms. The van der Waals surface area contributed by atoms with E-state index in [4.69, 9.17) is 4.74 Å². The Kier molecular flexibility index (Phi) is 6.80. The van der Waals surface area contributed by atoms with Crippen LogP contribution in [-0.2, 0) is 9.53 Å². The molecule has 0 radical (unpaired) electrons. The molecule has 0 spiro atoms. The molecule has 15 heavy (non-hydrogen) atoms. The van der Waals surface area contributed by atoms with Gasteiger partial charge in [0, 0.05) is 19.7 Å². The van der Waals surface area contributed by atoms with Crippen LogP contribution in [0.15, 0.2) is 0 Å². The van der Waals surface area contributed by atoms with Crippen LogP contribution in [0.3, 0.4) is 0 Å². The van der Waals surface area contributed by atoms with E-state index in [1.807, 2.05) is 11.8 Å². The first-order valence-electron chi connectivity index (χ1n) is 5.39. The Morgan fingerprint density at radius 3 is 2.87 bits per heavy atom. The van der Waals surface area contributed by atoms with Crippen molar-refractivity contribution in [1.29, 1.82) is 0 Å². The molecule has 1 fully saturated rings. The number of carbonyl (C=O) groups is 1.